The number of rotatable bonds is 5. The van der Waals surface area contributed by atoms with E-state index < -0.39 is 10.0 Å². The van der Waals surface area contributed by atoms with Gasteiger partial charge >= 0.3 is 0 Å². The van der Waals surface area contributed by atoms with E-state index >= 15 is 0 Å². The second-order valence-electron chi connectivity index (χ2n) is 8.08. The number of hydrogen-bond donors (Lipinski definition) is 1. The minimum absolute atomic E-state index is 0.0312. The van der Waals surface area contributed by atoms with Crippen LogP contribution < -0.4 is 4.72 Å². The molecule has 0 bridgehead atoms. The Morgan fingerprint density at radius 1 is 1.09 bits per heavy atom. The van der Waals surface area contributed by atoms with E-state index in [0.717, 1.165) is 52.5 Å². The van der Waals surface area contributed by atoms with Crippen LogP contribution in [-0.4, -0.2) is 38.2 Å². The van der Waals surface area contributed by atoms with Crippen molar-refractivity contribution in [1.29, 1.82) is 0 Å². The van der Waals surface area contributed by atoms with Crippen molar-refractivity contribution in [3.63, 3.8) is 0 Å². The first-order chi connectivity index (χ1) is 15.5. The fourth-order valence-corrected chi connectivity index (χ4v) is 5.83. The van der Waals surface area contributed by atoms with Crippen LogP contribution in [0.4, 0.5) is 0 Å². The molecule has 5 rings (SSSR count). The molecule has 0 saturated carbocycles. The van der Waals surface area contributed by atoms with Crippen molar-refractivity contribution >= 4 is 47.9 Å². The summed E-state index contributed by atoms with van der Waals surface area (Å²) in [6, 6.07) is 17.8. The lowest BCUT2D eigenvalue weighted by Crippen LogP contribution is -2.27. The predicted molar refractivity (Wildman–Crippen MR) is 129 cm³/mol. The Balaban J connectivity index is 1.86. The molecular formula is C24H24BrN3O3S. The van der Waals surface area contributed by atoms with Gasteiger partial charge in [0.15, 0.2) is 0 Å². The number of nitrogens with one attached hydrogen (secondary N) is 1. The molecule has 0 aliphatic carbocycles. The van der Waals surface area contributed by atoms with Gasteiger partial charge in [-0.1, -0.05) is 30.3 Å². The number of pyridine rings is 1. The molecule has 1 atom stereocenters. The smallest absolute Gasteiger partial charge is 0.240 e. The molecular weight excluding hydrogens is 490 g/mol. The minimum atomic E-state index is -3.58. The molecule has 2 aromatic heterocycles. The number of halogens is 1. The van der Waals surface area contributed by atoms with Crippen LogP contribution >= 0.6 is 15.9 Å². The highest BCUT2D eigenvalue weighted by Crippen LogP contribution is 2.41. The molecule has 0 amide bonds. The quantitative estimate of drug-likeness (QED) is 0.412. The Hall–Kier alpha value is -2.26. The lowest BCUT2D eigenvalue weighted by molar-refractivity contribution is 0.0553. The molecule has 32 heavy (non-hydrogen) atoms. The molecule has 1 aliphatic heterocycles. The number of sulfonamides is 1. The SMILES string of the molecule is CNS(=O)(=O)c1ccc2c3ncc(Br)cc3n([C@H](c3ccccc3)C3CCOCC3)c2c1. The fourth-order valence-electron chi connectivity index (χ4n) is 4.76. The molecule has 1 saturated heterocycles. The molecule has 8 heteroatoms. The van der Waals surface area contributed by atoms with Gasteiger partial charge in [0, 0.05) is 29.3 Å². The standard InChI is InChI=1S/C24H24BrN3O3S/c1-26-32(29,30)19-7-8-20-21(14-19)28(22-13-18(25)15-27-23(20)22)24(16-5-3-2-4-6-16)17-9-11-31-12-10-17/h2-8,13-15,17,24,26H,9-12H2,1H3/t24-/m1/s1. The minimum Gasteiger partial charge on any atom is -0.381 e. The van der Waals surface area contributed by atoms with Gasteiger partial charge < -0.3 is 9.30 Å². The highest BCUT2D eigenvalue weighted by atomic mass is 79.9. The summed E-state index contributed by atoms with van der Waals surface area (Å²) < 4.78 is 36.5. The average Bonchev–Trinajstić information content (AvgIpc) is 3.13. The first-order valence-electron chi connectivity index (χ1n) is 10.6. The number of nitrogens with zero attached hydrogens (tertiary/aromatic N) is 2. The molecule has 1 N–H and O–H groups in total. The maximum absolute atomic E-state index is 12.6. The second kappa shape index (κ2) is 8.59. The van der Waals surface area contributed by atoms with Crippen molar-refractivity contribution in [3.05, 3.63) is 70.8 Å². The van der Waals surface area contributed by atoms with Gasteiger partial charge in [0.25, 0.3) is 0 Å². The Morgan fingerprint density at radius 3 is 2.56 bits per heavy atom. The van der Waals surface area contributed by atoms with Gasteiger partial charge in [0.05, 0.1) is 27.5 Å². The van der Waals surface area contributed by atoms with Crippen LogP contribution in [0.3, 0.4) is 0 Å². The maximum Gasteiger partial charge on any atom is 0.240 e. The van der Waals surface area contributed by atoms with Crippen LogP contribution in [0.25, 0.3) is 21.9 Å². The normalized spacial score (nSPS) is 16.6. The second-order valence-corrected chi connectivity index (χ2v) is 10.9. The van der Waals surface area contributed by atoms with Crippen LogP contribution in [-0.2, 0) is 14.8 Å². The molecule has 6 nitrogen and oxygen atoms in total. The highest BCUT2D eigenvalue weighted by Gasteiger charge is 2.30. The van der Waals surface area contributed by atoms with Crippen molar-refractivity contribution in [3.8, 4) is 0 Å². The molecule has 2 aromatic carbocycles. The summed E-state index contributed by atoms with van der Waals surface area (Å²) >= 11 is 3.58. The number of benzene rings is 2. The predicted octanol–water partition coefficient (Wildman–Crippen LogP) is 4.88. The van der Waals surface area contributed by atoms with Crippen molar-refractivity contribution in [2.24, 2.45) is 5.92 Å². The molecule has 1 fully saturated rings. The first-order valence-corrected chi connectivity index (χ1v) is 12.9. The number of ether oxygens (including phenoxy) is 1. The van der Waals surface area contributed by atoms with Gasteiger partial charge in [0.2, 0.25) is 10.0 Å². The summed E-state index contributed by atoms with van der Waals surface area (Å²) in [4.78, 5) is 4.95. The molecule has 1 aliphatic rings. The van der Waals surface area contributed by atoms with Crippen molar-refractivity contribution in [2.45, 2.75) is 23.8 Å². The summed E-state index contributed by atoms with van der Waals surface area (Å²) in [5.74, 6) is 0.355. The van der Waals surface area contributed by atoms with E-state index in [9.17, 15) is 8.42 Å². The van der Waals surface area contributed by atoms with Crippen molar-refractivity contribution in [1.82, 2.24) is 14.3 Å². The van der Waals surface area contributed by atoms with E-state index in [4.69, 9.17) is 9.72 Å². The van der Waals surface area contributed by atoms with E-state index in [-0.39, 0.29) is 10.9 Å². The topological polar surface area (TPSA) is 73.2 Å². The highest BCUT2D eigenvalue weighted by molar-refractivity contribution is 9.10. The van der Waals surface area contributed by atoms with Crippen LogP contribution in [0.15, 0.2) is 70.2 Å². The number of hydrogen-bond acceptors (Lipinski definition) is 4. The monoisotopic (exact) mass is 513 g/mol. The Kier molecular flexibility index (Phi) is 5.79. The molecule has 0 spiro atoms. The van der Waals surface area contributed by atoms with Crippen molar-refractivity contribution < 1.29 is 13.2 Å². The van der Waals surface area contributed by atoms with E-state index in [1.54, 1.807) is 18.3 Å². The van der Waals surface area contributed by atoms with Crippen LogP contribution in [0.1, 0.15) is 24.4 Å². The lowest BCUT2D eigenvalue weighted by Gasteiger charge is -2.33. The van der Waals surface area contributed by atoms with E-state index in [1.165, 1.54) is 12.6 Å². The summed E-state index contributed by atoms with van der Waals surface area (Å²) in [5.41, 5.74) is 3.90. The van der Waals surface area contributed by atoms with Crippen molar-refractivity contribution in [2.75, 3.05) is 20.3 Å². The average molecular weight is 514 g/mol. The number of fused-ring (bicyclic) bond motifs is 3. The van der Waals surface area contributed by atoms with E-state index in [0.29, 0.717) is 5.92 Å². The summed E-state index contributed by atoms with van der Waals surface area (Å²) in [6.07, 6.45) is 3.67. The van der Waals surface area contributed by atoms with Gasteiger partial charge in [0.1, 0.15) is 0 Å². The zero-order valence-electron chi connectivity index (χ0n) is 17.7. The van der Waals surface area contributed by atoms with Gasteiger partial charge in [-0.2, -0.15) is 0 Å². The third-order valence-corrected chi connectivity index (χ3v) is 8.13. The molecule has 166 valence electrons. The molecule has 0 unspecified atom stereocenters. The van der Waals surface area contributed by atoms with E-state index in [1.807, 2.05) is 12.1 Å². The summed E-state index contributed by atoms with van der Waals surface area (Å²) in [5, 5.41) is 0.940. The lowest BCUT2D eigenvalue weighted by atomic mass is 9.86. The van der Waals surface area contributed by atoms with Gasteiger partial charge in [-0.15, -0.1) is 0 Å². The van der Waals surface area contributed by atoms with Crippen LogP contribution in [0.2, 0.25) is 0 Å². The maximum atomic E-state index is 12.6. The van der Waals surface area contributed by atoms with E-state index in [2.05, 4.69) is 55.6 Å². The Bertz CT molecular complexity index is 1380. The summed E-state index contributed by atoms with van der Waals surface area (Å²) in [6.45, 7) is 1.46. The number of aromatic nitrogens is 2. The zero-order chi connectivity index (χ0) is 22.3. The largest absolute Gasteiger partial charge is 0.381 e. The molecule has 3 heterocycles. The van der Waals surface area contributed by atoms with Gasteiger partial charge in [-0.05, 0) is 71.6 Å². The first kappa shape index (κ1) is 21.6. The summed E-state index contributed by atoms with van der Waals surface area (Å²) in [7, 11) is -2.15. The Labute approximate surface area is 195 Å². The zero-order valence-corrected chi connectivity index (χ0v) is 20.1. The third-order valence-electron chi connectivity index (χ3n) is 6.29. The van der Waals surface area contributed by atoms with Crippen LogP contribution in [0, 0.1) is 5.92 Å². The molecule has 4 aromatic rings. The van der Waals surface area contributed by atoms with Gasteiger partial charge in [-0.25, -0.2) is 13.1 Å². The fraction of sp³-hybridized carbons (Fsp3) is 0.292. The third kappa shape index (κ3) is 3.75. The van der Waals surface area contributed by atoms with Gasteiger partial charge in [-0.3, -0.25) is 4.98 Å². The Morgan fingerprint density at radius 2 is 1.84 bits per heavy atom. The van der Waals surface area contributed by atoms with Crippen LogP contribution in [0.5, 0.6) is 0 Å². The molecule has 0 radical (unpaired) electrons.